The van der Waals surface area contributed by atoms with E-state index in [1.807, 2.05) is 18.2 Å². The molecule has 1 unspecified atom stereocenters. The van der Waals surface area contributed by atoms with Crippen LogP contribution in [0.15, 0.2) is 24.3 Å². The van der Waals surface area contributed by atoms with Gasteiger partial charge in [0, 0.05) is 37.3 Å². The maximum atomic E-state index is 12.0. The molecule has 2 rings (SSSR count). The topological polar surface area (TPSA) is 38.5 Å². The van der Waals surface area contributed by atoms with Gasteiger partial charge in [0.05, 0.1) is 13.3 Å². The highest BCUT2D eigenvalue weighted by Gasteiger charge is 2.17. The van der Waals surface area contributed by atoms with E-state index in [0.717, 1.165) is 37.4 Å². The van der Waals surface area contributed by atoms with Crippen LogP contribution in [-0.2, 0) is 0 Å². The number of benzene rings is 1. The molecule has 1 aromatic rings. The zero-order valence-electron chi connectivity index (χ0n) is 10.6. The molecule has 1 saturated heterocycles. The maximum absolute atomic E-state index is 12.0. The summed E-state index contributed by atoms with van der Waals surface area (Å²) in [6.07, 6.45) is 2.68. The van der Waals surface area contributed by atoms with Gasteiger partial charge < -0.3 is 15.4 Å². The fourth-order valence-corrected chi connectivity index (χ4v) is 2.26. The van der Waals surface area contributed by atoms with E-state index in [2.05, 4.69) is 11.0 Å². The first-order valence-electron chi connectivity index (χ1n) is 6.59. The molecule has 100 valence electrons. The van der Waals surface area contributed by atoms with Crippen LogP contribution in [0.5, 0.6) is 5.75 Å². The van der Waals surface area contributed by atoms with Gasteiger partial charge in [-0.3, -0.25) is 4.39 Å². The summed E-state index contributed by atoms with van der Waals surface area (Å²) >= 11 is 0. The van der Waals surface area contributed by atoms with Crippen molar-refractivity contribution in [2.45, 2.75) is 25.3 Å². The van der Waals surface area contributed by atoms with E-state index in [-0.39, 0.29) is 12.7 Å². The standard InChI is InChI=1S/C14H21FN2O/c15-7-3-9-18-14-6-1-5-13(10-14)17-8-2-4-12(16)11-17/h1,5-6,10,12H,2-4,7-9,11,16H2. The Kier molecular flexibility index (Phi) is 4.81. The van der Waals surface area contributed by atoms with Crippen LogP contribution in [0.4, 0.5) is 10.1 Å². The van der Waals surface area contributed by atoms with Crippen LogP contribution in [0.2, 0.25) is 0 Å². The number of anilines is 1. The van der Waals surface area contributed by atoms with Crippen molar-refractivity contribution in [3.8, 4) is 5.75 Å². The number of hydrogen-bond donors (Lipinski definition) is 1. The molecule has 3 nitrogen and oxygen atoms in total. The first-order chi connectivity index (χ1) is 8.79. The molecule has 1 aromatic carbocycles. The third-order valence-corrected chi connectivity index (χ3v) is 3.19. The highest BCUT2D eigenvalue weighted by molar-refractivity contribution is 5.51. The number of rotatable bonds is 5. The monoisotopic (exact) mass is 252 g/mol. The maximum Gasteiger partial charge on any atom is 0.121 e. The third-order valence-electron chi connectivity index (χ3n) is 3.19. The summed E-state index contributed by atoms with van der Waals surface area (Å²) in [5, 5.41) is 0. The lowest BCUT2D eigenvalue weighted by molar-refractivity contribution is 0.289. The molecule has 1 aliphatic heterocycles. The summed E-state index contributed by atoms with van der Waals surface area (Å²) < 4.78 is 17.5. The zero-order valence-corrected chi connectivity index (χ0v) is 10.6. The molecule has 0 bridgehead atoms. The average molecular weight is 252 g/mol. The lowest BCUT2D eigenvalue weighted by Crippen LogP contribution is -2.42. The number of ether oxygens (including phenoxy) is 1. The van der Waals surface area contributed by atoms with Gasteiger partial charge in [-0.2, -0.15) is 0 Å². The van der Waals surface area contributed by atoms with Gasteiger partial charge in [0.15, 0.2) is 0 Å². The lowest BCUT2D eigenvalue weighted by atomic mass is 10.1. The predicted molar refractivity (Wildman–Crippen MR) is 72.0 cm³/mol. The Morgan fingerprint density at radius 1 is 1.44 bits per heavy atom. The molecule has 0 saturated carbocycles. The van der Waals surface area contributed by atoms with Crippen molar-refractivity contribution in [1.82, 2.24) is 0 Å². The number of piperidine rings is 1. The van der Waals surface area contributed by atoms with Crippen molar-refractivity contribution in [1.29, 1.82) is 0 Å². The molecular formula is C14H21FN2O. The van der Waals surface area contributed by atoms with E-state index in [0.29, 0.717) is 13.0 Å². The Bertz CT molecular complexity index is 373. The van der Waals surface area contributed by atoms with Crippen LogP contribution in [0, 0.1) is 0 Å². The number of nitrogens with zero attached hydrogens (tertiary/aromatic N) is 1. The number of hydrogen-bond acceptors (Lipinski definition) is 3. The van der Waals surface area contributed by atoms with Crippen LogP contribution < -0.4 is 15.4 Å². The second kappa shape index (κ2) is 6.59. The predicted octanol–water partition coefficient (Wildman–Crippen LogP) is 2.35. The minimum Gasteiger partial charge on any atom is -0.493 e. The first-order valence-corrected chi connectivity index (χ1v) is 6.59. The number of halogens is 1. The van der Waals surface area contributed by atoms with E-state index >= 15 is 0 Å². The molecule has 0 aromatic heterocycles. The fraction of sp³-hybridized carbons (Fsp3) is 0.571. The summed E-state index contributed by atoms with van der Waals surface area (Å²) in [6, 6.07) is 8.22. The van der Waals surface area contributed by atoms with Gasteiger partial charge in [0.1, 0.15) is 5.75 Å². The Labute approximate surface area is 108 Å². The lowest BCUT2D eigenvalue weighted by Gasteiger charge is -2.32. The fourth-order valence-electron chi connectivity index (χ4n) is 2.26. The Morgan fingerprint density at radius 3 is 3.11 bits per heavy atom. The van der Waals surface area contributed by atoms with Crippen LogP contribution >= 0.6 is 0 Å². The van der Waals surface area contributed by atoms with Gasteiger partial charge in [-0.1, -0.05) is 6.07 Å². The molecule has 0 radical (unpaired) electrons. The van der Waals surface area contributed by atoms with Gasteiger partial charge in [-0.15, -0.1) is 0 Å². The molecule has 1 atom stereocenters. The van der Waals surface area contributed by atoms with Gasteiger partial charge in [-0.05, 0) is 25.0 Å². The minimum absolute atomic E-state index is 0.259. The largest absolute Gasteiger partial charge is 0.493 e. The van der Waals surface area contributed by atoms with Crippen molar-refractivity contribution in [2.75, 3.05) is 31.3 Å². The second-order valence-corrected chi connectivity index (χ2v) is 4.74. The average Bonchev–Trinajstić information content (AvgIpc) is 2.39. The van der Waals surface area contributed by atoms with E-state index in [9.17, 15) is 4.39 Å². The molecule has 0 amide bonds. The van der Waals surface area contributed by atoms with Gasteiger partial charge in [0.25, 0.3) is 0 Å². The van der Waals surface area contributed by atoms with Crippen molar-refractivity contribution in [3.05, 3.63) is 24.3 Å². The van der Waals surface area contributed by atoms with E-state index < -0.39 is 0 Å². The smallest absolute Gasteiger partial charge is 0.121 e. The summed E-state index contributed by atoms with van der Waals surface area (Å²) in [4.78, 5) is 2.29. The van der Waals surface area contributed by atoms with Crippen molar-refractivity contribution in [3.63, 3.8) is 0 Å². The molecule has 4 heteroatoms. The Balaban J connectivity index is 1.97. The molecule has 1 fully saturated rings. The van der Waals surface area contributed by atoms with Gasteiger partial charge in [0.2, 0.25) is 0 Å². The number of nitrogens with two attached hydrogens (primary N) is 1. The second-order valence-electron chi connectivity index (χ2n) is 4.74. The van der Waals surface area contributed by atoms with Crippen LogP contribution in [0.1, 0.15) is 19.3 Å². The quantitative estimate of drug-likeness (QED) is 0.818. The summed E-state index contributed by atoms with van der Waals surface area (Å²) in [6.45, 7) is 2.04. The zero-order chi connectivity index (χ0) is 12.8. The molecule has 18 heavy (non-hydrogen) atoms. The van der Waals surface area contributed by atoms with Crippen molar-refractivity contribution < 1.29 is 9.13 Å². The highest BCUT2D eigenvalue weighted by Crippen LogP contribution is 2.24. The third kappa shape index (κ3) is 3.60. The molecule has 2 N–H and O–H groups in total. The van der Waals surface area contributed by atoms with Crippen LogP contribution in [-0.4, -0.2) is 32.4 Å². The molecule has 1 heterocycles. The van der Waals surface area contributed by atoms with Gasteiger partial charge >= 0.3 is 0 Å². The Morgan fingerprint density at radius 2 is 2.33 bits per heavy atom. The molecule has 0 spiro atoms. The highest BCUT2D eigenvalue weighted by atomic mass is 19.1. The summed E-state index contributed by atoms with van der Waals surface area (Å²) in [7, 11) is 0. The SMILES string of the molecule is NC1CCCN(c2cccc(OCCCF)c2)C1. The van der Waals surface area contributed by atoms with Crippen LogP contribution in [0.25, 0.3) is 0 Å². The van der Waals surface area contributed by atoms with Crippen molar-refractivity contribution >= 4 is 5.69 Å². The Hall–Kier alpha value is -1.29. The summed E-state index contributed by atoms with van der Waals surface area (Å²) in [5.41, 5.74) is 7.13. The minimum atomic E-state index is -0.333. The molecular weight excluding hydrogens is 231 g/mol. The normalized spacial score (nSPS) is 19.9. The number of alkyl halides is 1. The van der Waals surface area contributed by atoms with Gasteiger partial charge in [-0.25, -0.2) is 0 Å². The van der Waals surface area contributed by atoms with E-state index in [1.54, 1.807) is 0 Å². The van der Waals surface area contributed by atoms with Crippen LogP contribution in [0.3, 0.4) is 0 Å². The molecule has 0 aliphatic carbocycles. The molecule has 1 aliphatic rings. The first kappa shape index (κ1) is 13.1. The summed E-state index contributed by atoms with van der Waals surface area (Å²) in [5.74, 6) is 0.806. The van der Waals surface area contributed by atoms with Crippen molar-refractivity contribution in [2.24, 2.45) is 5.73 Å². The van der Waals surface area contributed by atoms with E-state index in [4.69, 9.17) is 10.5 Å². The van der Waals surface area contributed by atoms with E-state index in [1.165, 1.54) is 0 Å².